The zero-order valence-electron chi connectivity index (χ0n) is 28.7. The molecule has 2 aliphatic heterocycles. The zero-order chi connectivity index (χ0) is 41.1. The fourth-order valence-corrected chi connectivity index (χ4v) is 2.72. The molecule has 0 aliphatic carbocycles. The Bertz CT molecular complexity index is 1540. The van der Waals surface area contributed by atoms with Gasteiger partial charge in [-0.1, -0.05) is 39.8 Å². The number of aliphatic carboxylic acids is 2. The van der Waals surface area contributed by atoms with E-state index in [1.165, 1.54) is 0 Å². The van der Waals surface area contributed by atoms with Gasteiger partial charge in [-0.05, 0) is 49.9 Å². The van der Waals surface area contributed by atoms with Crippen molar-refractivity contribution >= 4 is 44.0 Å². The van der Waals surface area contributed by atoms with Gasteiger partial charge < -0.3 is 38.4 Å². The molecule has 2 aromatic rings. The largest absolute Gasteiger partial charge is 2.00 e. The van der Waals surface area contributed by atoms with Gasteiger partial charge in [-0.15, -0.1) is 0 Å². The van der Waals surface area contributed by atoms with E-state index < -0.39 is 43.2 Å². The summed E-state index contributed by atoms with van der Waals surface area (Å²) >= 11 is 0. The number of carbonyl (C=O) groups is 2. The van der Waals surface area contributed by atoms with E-state index in [0.717, 1.165) is 25.2 Å². The van der Waals surface area contributed by atoms with E-state index in [4.69, 9.17) is 55.2 Å². The molecule has 0 aromatic carbocycles. The van der Waals surface area contributed by atoms with Gasteiger partial charge >= 0.3 is 51.9 Å². The fourth-order valence-electron chi connectivity index (χ4n) is 2.72. The molecule has 0 bridgehead atoms. The van der Waals surface area contributed by atoms with Crippen LogP contribution < -0.4 is 10.2 Å². The van der Waals surface area contributed by atoms with Gasteiger partial charge in [0.15, 0.2) is 20.2 Å². The standard InChI is InChI=1S/2C11H14N2O.2C2H4O2.2CHF3O3S.2Pd/c2*1-8(2)10-7-14-11(13-10)9-5-3-4-6-12-9;2*1-2(3)4;2*2-1(3,4)8(5,6)7;;/h2*3-6,8,10H,7H2,1-2H3;2*1H3,(H,3,4);2*(H,5,6,7);;/q;;;;;;2*+2/p-4/t2*10-;;;;;;/m11....../s1. The molecular formula is C28H34F6N4O12Pd2S2. The number of hydrogen-bond donors (Lipinski definition) is 0. The molecule has 4 rings (SSSR count). The average Bonchev–Trinajstić information content (AvgIpc) is 3.68. The molecule has 2 aromatic heterocycles. The molecule has 0 radical (unpaired) electrons. The molecule has 2 atom stereocenters. The van der Waals surface area contributed by atoms with Crippen LogP contribution in [0.1, 0.15) is 52.9 Å². The summed E-state index contributed by atoms with van der Waals surface area (Å²) in [6.45, 7) is 11.9. The van der Waals surface area contributed by atoms with Gasteiger partial charge in [-0.3, -0.25) is 9.97 Å². The summed E-state index contributed by atoms with van der Waals surface area (Å²) in [4.78, 5) is 35.2. The van der Waals surface area contributed by atoms with Crippen molar-refractivity contribution in [2.75, 3.05) is 13.2 Å². The van der Waals surface area contributed by atoms with Gasteiger partial charge in [0, 0.05) is 24.3 Å². The second-order valence-corrected chi connectivity index (χ2v) is 13.1. The normalized spacial score (nSPS) is 15.9. The van der Waals surface area contributed by atoms with Crippen molar-refractivity contribution in [1.29, 1.82) is 0 Å². The Morgan fingerprint density at radius 3 is 1.06 bits per heavy atom. The van der Waals surface area contributed by atoms with E-state index in [1.807, 2.05) is 36.4 Å². The number of alkyl halides is 6. The summed E-state index contributed by atoms with van der Waals surface area (Å²) in [5, 5.41) is 17.8. The molecule has 0 saturated carbocycles. The van der Waals surface area contributed by atoms with E-state index in [0.29, 0.717) is 36.8 Å². The van der Waals surface area contributed by atoms with E-state index in [2.05, 4.69) is 47.6 Å². The van der Waals surface area contributed by atoms with Gasteiger partial charge in [0.05, 0.1) is 12.1 Å². The Morgan fingerprint density at radius 1 is 0.667 bits per heavy atom. The van der Waals surface area contributed by atoms with Crippen molar-refractivity contribution in [3.05, 3.63) is 60.2 Å². The zero-order valence-corrected chi connectivity index (χ0v) is 33.5. The van der Waals surface area contributed by atoms with Crippen molar-refractivity contribution in [2.45, 2.75) is 64.6 Å². The van der Waals surface area contributed by atoms with Gasteiger partial charge in [0.2, 0.25) is 11.8 Å². The number of carbonyl (C=O) groups excluding carboxylic acids is 2. The topological polar surface area (TPSA) is 264 Å². The first kappa shape index (κ1) is 57.6. The molecule has 0 fully saturated rings. The van der Waals surface area contributed by atoms with E-state index in [1.54, 1.807) is 12.4 Å². The third kappa shape index (κ3) is 26.6. The number of pyridine rings is 2. The molecule has 312 valence electrons. The summed E-state index contributed by atoms with van der Waals surface area (Å²) in [6.07, 6.45) is 3.51. The predicted octanol–water partition coefficient (Wildman–Crippen LogP) is 1.38. The van der Waals surface area contributed by atoms with Crippen LogP contribution in [0.4, 0.5) is 26.3 Å². The third-order valence-corrected chi connectivity index (χ3v) is 6.36. The quantitative estimate of drug-likeness (QED) is 0.181. The molecular weight excluding hydrogens is 975 g/mol. The van der Waals surface area contributed by atoms with Crippen LogP contribution in [-0.4, -0.2) is 96.0 Å². The van der Waals surface area contributed by atoms with Crippen molar-refractivity contribution < 1.29 is 122 Å². The van der Waals surface area contributed by atoms with Gasteiger partial charge in [0.25, 0.3) is 0 Å². The molecule has 0 saturated heterocycles. The summed E-state index contributed by atoms with van der Waals surface area (Å²) in [5.74, 6) is 0.251. The number of carboxylic acid groups (broad SMARTS) is 2. The van der Waals surface area contributed by atoms with Crippen molar-refractivity contribution in [3.8, 4) is 0 Å². The Labute approximate surface area is 334 Å². The van der Waals surface area contributed by atoms with E-state index in [-0.39, 0.29) is 52.9 Å². The summed E-state index contributed by atoms with van der Waals surface area (Å²) < 4.78 is 129. The van der Waals surface area contributed by atoms with Crippen LogP contribution in [-0.2, 0) is 80.1 Å². The first-order valence-electron chi connectivity index (χ1n) is 14.1. The SMILES string of the molecule is CC(=O)[O-].CC(=O)[O-].CC(C)[C@H]1COC(c2ccccn2)=N1.CC(C)[C@H]1COC(c2ccccn2)=N1.O=S(=O)([O-])C(F)(F)F.O=S(=O)([O-])C(F)(F)F.[Pd+2].[Pd+2]. The van der Waals surface area contributed by atoms with Gasteiger partial charge in [0.1, 0.15) is 24.6 Å². The van der Waals surface area contributed by atoms with Crippen LogP contribution in [0.5, 0.6) is 0 Å². The minimum Gasteiger partial charge on any atom is -0.741 e. The van der Waals surface area contributed by atoms with Crippen LogP contribution in [0.3, 0.4) is 0 Å². The maximum absolute atomic E-state index is 10.7. The summed E-state index contributed by atoms with van der Waals surface area (Å²) in [7, 11) is -12.2. The molecule has 0 N–H and O–H groups in total. The first-order chi connectivity index (χ1) is 23.5. The van der Waals surface area contributed by atoms with Gasteiger partial charge in [-0.25, -0.2) is 26.8 Å². The fraction of sp³-hybridized carbons (Fsp3) is 0.500. The molecule has 0 amide bonds. The second-order valence-electron chi connectivity index (χ2n) is 10.3. The minimum atomic E-state index is -6.09. The number of carboxylic acids is 2. The van der Waals surface area contributed by atoms with Crippen LogP contribution in [0.2, 0.25) is 0 Å². The third-order valence-electron chi connectivity index (χ3n) is 5.22. The van der Waals surface area contributed by atoms with Crippen LogP contribution >= 0.6 is 0 Å². The summed E-state index contributed by atoms with van der Waals surface area (Å²) in [6, 6.07) is 12.1. The molecule has 0 unspecified atom stereocenters. The first-order valence-corrected chi connectivity index (χ1v) is 17.0. The molecule has 26 heteroatoms. The molecule has 4 heterocycles. The molecule has 0 spiro atoms. The van der Waals surface area contributed by atoms with Crippen molar-refractivity contribution in [3.63, 3.8) is 0 Å². The minimum absolute atomic E-state index is 0. The second kappa shape index (κ2) is 26.7. The number of halogens is 6. The maximum atomic E-state index is 10.7. The monoisotopic (exact) mass is 1010 g/mol. The number of hydrogen-bond acceptors (Lipinski definition) is 16. The van der Waals surface area contributed by atoms with Gasteiger partial charge in [-0.2, -0.15) is 26.3 Å². The Kier molecular flexibility index (Phi) is 28.5. The maximum Gasteiger partial charge on any atom is 2.00 e. The van der Waals surface area contributed by atoms with Crippen LogP contribution in [0, 0.1) is 11.8 Å². The number of ether oxygens (including phenoxy) is 2. The van der Waals surface area contributed by atoms with Crippen molar-refractivity contribution in [2.24, 2.45) is 21.8 Å². The summed E-state index contributed by atoms with van der Waals surface area (Å²) in [5.41, 5.74) is -9.63. The molecule has 54 heavy (non-hydrogen) atoms. The van der Waals surface area contributed by atoms with Crippen LogP contribution in [0.15, 0.2) is 58.8 Å². The number of rotatable bonds is 4. The Balaban J connectivity index is -0.000000294. The number of nitrogens with zero attached hydrogens (tertiary/aromatic N) is 4. The number of aliphatic imine (C=N–C) groups is 2. The van der Waals surface area contributed by atoms with E-state index >= 15 is 0 Å². The van der Waals surface area contributed by atoms with Crippen molar-refractivity contribution in [1.82, 2.24) is 9.97 Å². The Morgan fingerprint density at radius 2 is 0.907 bits per heavy atom. The predicted molar refractivity (Wildman–Crippen MR) is 164 cm³/mol. The molecule has 16 nitrogen and oxygen atoms in total. The van der Waals surface area contributed by atoms with E-state index in [9.17, 15) is 26.3 Å². The Hall–Kier alpha value is -3.10. The molecule has 2 aliphatic rings. The van der Waals surface area contributed by atoms with Crippen LogP contribution in [0.25, 0.3) is 0 Å². The average molecular weight is 1010 g/mol. The number of aromatic nitrogens is 2. The smallest absolute Gasteiger partial charge is 0.741 e.